The normalized spacial score (nSPS) is 12.6. The minimum absolute atomic E-state index is 0.216. The van der Waals surface area contributed by atoms with Gasteiger partial charge in [0.05, 0.1) is 11.4 Å². The molecule has 0 radical (unpaired) electrons. The molecule has 0 fully saturated rings. The van der Waals surface area contributed by atoms with Crippen molar-refractivity contribution in [1.82, 2.24) is 4.68 Å². The van der Waals surface area contributed by atoms with Crippen LogP contribution in [0.3, 0.4) is 0 Å². The van der Waals surface area contributed by atoms with Crippen LogP contribution in [0.25, 0.3) is 11.3 Å². The third-order valence-electron chi connectivity index (χ3n) is 3.65. The molecule has 3 rings (SSSR count). The lowest BCUT2D eigenvalue weighted by atomic mass is 10.1. The van der Waals surface area contributed by atoms with Gasteiger partial charge in [0.2, 0.25) is 4.80 Å². The van der Waals surface area contributed by atoms with Crippen molar-refractivity contribution >= 4 is 17.0 Å². The molecule has 0 bridgehead atoms. The molecular weight excluding hydrogens is 337 g/mol. The van der Waals surface area contributed by atoms with Crippen LogP contribution in [0.15, 0.2) is 64.0 Å². The van der Waals surface area contributed by atoms with Gasteiger partial charge in [0.25, 0.3) is 0 Å². The Morgan fingerprint density at radius 3 is 2.44 bits per heavy atom. The predicted molar refractivity (Wildman–Crippen MR) is 99.5 cm³/mol. The average molecular weight is 355 g/mol. The monoisotopic (exact) mass is 355 g/mol. The van der Waals surface area contributed by atoms with Crippen LogP contribution in [-0.2, 0) is 0 Å². The first-order valence-corrected chi connectivity index (χ1v) is 8.78. The zero-order valence-electron chi connectivity index (χ0n) is 14.0. The van der Waals surface area contributed by atoms with Gasteiger partial charge in [0.15, 0.2) is 0 Å². The van der Waals surface area contributed by atoms with Crippen LogP contribution in [0.5, 0.6) is 5.75 Å². The molecule has 0 spiro atoms. The van der Waals surface area contributed by atoms with Crippen molar-refractivity contribution in [3.63, 3.8) is 0 Å². The average Bonchev–Trinajstić information content (AvgIpc) is 2.99. The van der Waals surface area contributed by atoms with Crippen molar-refractivity contribution in [2.45, 2.75) is 13.8 Å². The lowest BCUT2D eigenvalue weighted by Crippen LogP contribution is -2.14. The summed E-state index contributed by atoms with van der Waals surface area (Å²) in [6.45, 7) is 4.52. The number of thiazole rings is 1. The predicted octanol–water partition coefficient (Wildman–Crippen LogP) is 4.25. The number of aromatic nitrogens is 1. The number of hydrogen-bond acceptors (Lipinski definition) is 4. The summed E-state index contributed by atoms with van der Waals surface area (Å²) in [4.78, 5) is 5.27. The fourth-order valence-corrected chi connectivity index (χ4v) is 3.26. The maximum Gasteiger partial charge on any atom is 0.206 e. The summed E-state index contributed by atoms with van der Waals surface area (Å²) in [5, 5.41) is 16.1. The second-order valence-electron chi connectivity index (χ2n) is 5.43. The molecule has 0 amide bonds. The molecule has 25 heavy (non-hydrogen) atoms. The van der Waals surface area contributed by atoms with E-state index in [4.69, 9.17) is 5.10 Å². The molecule has 0 atom stereocenters. The molecule has 1 aromatic heterocycles. The molecule has 0 saturated carbocycles. The van der Waals surface area contributed by atoms with Crippen LogP contribution in [0, 0.1) is 5.82 Å². The molecule has 0 aliphatic carbocycles. The van der Waals surface area contributed by atoms with E-state index in [9.17, 15) is 9.50 Å². The van der Waals surface area contributed by atoms with E-state index < -0.39 is 0 Å². The highest BCUT2D eigenvalue weighted by Crippen LogP contribution is 2.21. The fraction of sp³-hybridized carbons (Fsp3) is 0.158. The summed E-state index contributed by atoms with van der Waals surface area (Å²) < 4.78 is 15.0. The van der Waals surface area contributed by atoms with Gasteiger partial charge < -0.3 is 5.11 Å². The molecule has 1 heterocycles. The van der Waals surface area contributed by atoms with Gasteiger partial charge in [-0.15, -0.1) is 11.3 Å². The fourth-order valence-electron chi connectivity index (χ4n) is 2.37. The third kappa shape index (κ3) is 3.85. The number of rotatable bonds is 4. The molecule has 4 nitrogen and oxygen atoms in total. The van der Waals surface area contributed by atoms with E-state index in [1.807, 2.05) is 31.4 Å². The summed E-state index contributed by atoms with van der Waals surface area (Å²) in [7, 11) is 0. The van der Waals surface area contributed by atoms with E-state index in [0.29, 0.717) is 6.54 Å². The van der Waals surface area contributed by atoms with Crippen LogP contribution < -0.4 is 4.80 Å². The van der Waals surface area contributed by atoms with Crippen molar-refractivity contribution in [2.75, 3.05) is 6.54 Å². The molecular formula is C19H18FN3OS. The molecule has 0 aliphatic rings. The zero-order valence-corrected chi connectivity index (χ0v) is 14.8. The van der Waals surface area contributed by atoms with Gasteiger partial charge in [-0.2, -0.15) is 5.10 Å². The van der Waals surface area contributed by atoms with E-state index in [1.54, 1.807) is 28.9 Å². The Labute approximate surface area is 149 Å². The lowest BCUT2D eigenvalue weighted by molar-refractivity contribution is 0.475. The number of halogens is 1. The van der Waals surface area contributed by atoms with Crippen LogP contribution in [-0.4, -0.2) is 22.0 Å². The topological polar surface area (TPSA) is 49.9 Å². The van der Waals surface area contributed by atoms with Crippen molar-refractivity contribution < 1.29 is 9.50 Å². The Morgan fingerprint density at radius 2 is 1.80 bits per heavy atom. The molecule has 1 N–H and O–H groups in total. The van der Waals surface area contributed by atoms with Crippen LogP contribution in [0.4, 0.5) is 4.39 Å². The molecule has 128 valence electrons. The molecule has 0 aliphatic heterocycles. The summed E-state index contributed by atoms with van der Waals surface area (Å²) in [5.74, 6) is -0.0545. The van der Waals surface area contributed by atoms with E-state index in [1.165, 1.54) is 23.5 Å². The second-order valence-corrected chi connectivity index (χ2v) is 6.27. The Hall–Kier alpha value is -2.73. The summed E-state index contributed by atoms with van der Waals surface area (Å²) >= 11 is 1.49. The summed E-state index contributed by atoms with van der Waals surface area (Å²) in [6.07, 6.45) is 0. The molecule has 3 aromatic rings. The lowest BCUT2D eigenvalue weighted by Gasteiger charge is -2.06. The molecule has 0 unspecified atom stereocenters. The van der Waals surface area contributed by atoms with Crippen molar-refractivity contribution in [2.24, 2.45) is 10.1 Å². The van der Waals surface area contributed by atoms with E-state index >= 15 is 0 Å². The smallest absolute Gasteiger partial charge is 0.206 e. The van der Waals surface area contributed by atoms with E-state index in [0.717, 1.165) is 27.3 Å². The number of hydrogen-bond donors (Lipinski definition) is 1. The Morgan fingerprint density at radius 1 is 1.12 bits per heavy atom. The zero-order chi connectivity index (χ0) is 17.8. The number of benzene rings is 2. The van der Waals surface area contributed by atoms with Gasteiger partial charge in [-0.25, -0.2) is 9.07 Å². The minimum Gasteiger partial charge on any atom is -0.508 e. The molecule has 2 aromatic carbocycles. The van der Waals surface area contributed by atoms with Crippen molar-refractivity contribution in [1.29, 1.82) is 0 Å². The largest absolute Gasteiger partial charge is 0.508 e. The SMILES string of the molecule is CCN=c1scc(-c2ccc(F)cc2)n1N=C(C)c1ccc(O)cc1. The Bertz CT molecular complexity index is 954. The summed E-state index contributed by atoms with van der Waals surface area (Å²) in [6, 6.07) is 13.2. The Kier molecular flexibility index (Phi) is 5.09. The van der Waals surface area contributed by atoms with Crippen molar-refractivity contribution in [3.8, 4) is 17.0 Å². The first kappa shape index (κ1) is 17.1. The maximum absolute atomic E-state index is 13.2. The standard InChI is InChI=1S/C19H18FN3OS/c1-3-21-19-23(22-13(2)14-6-10-17(24)11-7-14)18(12-25-19)15-4-8-16(20)9-5-15/h4-12,24H,3H2,1-2H3. The molecule has 6 heteroatoms. The highest BCUT2D eigenvalue weighted by Gasteiger charge is 2.09. The summed E-state index contributed by atoms with van der Waals surface area (Å²) in [5.41, 5.74) is 3.43. The number of aromatic hydroxyl groups is 1. The minimum atomic E-state index is -0.271. The third-order valence-corrected chi connectivity index (χ3v) is 4.51. The van der Waals surface area contributed by atoms with Crippen LogP contribution in [0.1, 0.15) is 19.4 Å². The number of nitrogens with zero attached hydrogens (tertiary/aromatic N) is 3. The quantitative estimate of drug-likeness (QED) is 0.699. The highest BCUT2D eigenvalue weighted by molar-refractivity contribution is 7.07. The maximum atomic E-state index is 13.2. The van der Waals surface area contributed by atoms with Crippen LogP contribution in [0.2, 0.25) is 0 Å². The van der Waals surface area contributed by atoms with E-state index in [2.05, 4.69) is 4.99 Å². The van der Waals surface area contributed by atoms with Gasteiger partial charge in [-0.05, 0) is 67.9 Å². The first-order valence-electron chi connectivity index (χ1n) is 7.90. The molecule has 0 saturated heterocycles. The first-order chi connectivity index (χ1) is 12.1. The van der Waals surface area contributed by atoms with Gasteiger partial charge in [-0.3, -0.25) is 4.99 Å². The van der Waals surface area contributed by atoms with Gasteiger partial charge >= 0.3 is 0 Å². The van der Waals surface area contributed by atoms with Gasteiger partial charge in [-0.1, -0.05) is 0 Å². The van der Waals surface area contributed by atoms with Gasteiger partial charge in [0, 0.05) is 17.5 Å². The van der Waals surface area contributed by atoms with E-state index in [-0.39, 0.29) is 11.6 Å². The highest BCUT2D eigenvalue weighted by atomic mass is 32.1. The number of phenolic OH excluding ortho intramolecular Hbond substituents is 1. The van der Waals surface area contributed by atoms with Crippen molar-refractivity contribution in [3.05, 3.63) is 70.1 Å². The number of phenols is 1. The Balaban J connectivity index is 2.11. The van der Waals surface area contributed by atoms with Gasteiger partial charge in [0.1, 0.15) is 11.6 Å². The second kappa shape index (κ2) is 7.44. The van der Waals surface area contributed by atoms with Crippen LogP contribution >= 0.6 is 11.3 Å².